The van der Waals surface area contributed by atoms with Crippen LogP contribution in [-0.4, -0.2) is 39.4 Å². The van der Waals surface area contributed by atoms with Gasteiger partial charge in [0.2, 0.25) is 0 Å². The molecule has 1 saturated carbocycles. The Morgan fingerprint density at radius 1 is 1.21 bits per heavy atom. The lowest BCUT2D eigenvalue weighted by atomic mass is 9.78. The maximum absolute atomic E-state index is 14.2. The minimum Gasteiger partial charge on any atom is -0.381 e. The molecule has 0 spiro atoms. The Morgan fingerprint density at radius 3 is 2.56 bits per heavy atom. The van der Waals surface area contributed by atoms with Gasteiger partial charge < -0.3 is 19.5 Å². The van der Waals surface area contributed by atoms with Crippen molar-refractivity contribution in [2.75, 3.05) is 18.1 Å². The Labute approximate surface area is 229 Å². The van der Waals surface area contributed by atoms with E-state index in [-0.39, 0.29) is 41.6 Å². The summed E-state index contributed by atoms with van der Waals surface area (Å²) in [6.45, 7) is 3.23. The van der Waals surface area contributed by atoms with E-state index in [4.69, 9.17) is 16.3 Å². The van der Waals surface area contributed by atoms with Crippen LogP contribution < -0.4 is 10.2 Å². The van der Waals surface area contributed by atoms with E-state index in [2.05, 4.69) is 22.4 Å². The van der Waals surface area contributed by atoms with Crippen LogP contribution in [0, 0.1) is 5.92 Å². The number of anilines is 1. The summed E-state index contributed by atoms with van der Waals surface area (Å²) in [6, 6.07) is 8.02. The van der Waals surface area contributed by atoms with Gasteiger partial charge in [-0.1, -0.05) is 11.6 Å². The first-order chi connectivity index (χ1) is 18.5. The molecule has 1 aliphatic carbocycles. The third-order valence-corrected chi connectivity index (χ3v) is 8.54. The van der Waals surface area contributed by atoms with Crippen molar-refractivity contribution in [1.82, 2.24) is 20.1 Å². The monoisotopic (exact) mass is 559 g/mol. The summed E-state index contributed by atoms with van der Waals surface area (Å²) < 4.78 is 49.9. The van der Waals surface area contributed by atoms with Gasteiger partial charge in [0.1, 0.15) is 12.2 Å². The van der Waals surface area contributed by atoms with Gasteiger partial charge in [-0.2, -0.15) is 13.2 Å². The van der Waals surface area contributed by atoms with Crippen molar-refractivity contribution >= 4 is 23.2 Å². The normalized spacial score (nSPS) is 19.5. The zero-order chi connectivity index (χ0) is 27.5. The third-order valence-electron chi connectivity index (χ3n) is 8.32. The van der Waals surface area contributed by atoms with E-state index in [1.807, 2.05) is 23.7 Å². The lowest BCUT2D eigenvalue weighted by Gasteiger charge is -2.39. The molecule has 1 aromatic heterocycles. The smallest absolute Gasteiger partial charge is 0.381 e. The summed E-state index contributed by atoms with van der Waals surface area (Å²) in [5, 5.41) is 12.1. The van der Waals surface area contributed by atoms with Gasteiger partial charge in [0, 0.05) is 41.3 Å². The van der Waals surface area contributed by atoms with Crippen molar-refractivity contribution in [2.24, 2.45) is 13.0 Å². The summed E-state index contributed by atoms with van der Waals surface area (Å²) in [5.74, 6) is 0.196. The fourth-order valence-electron chi connectivity index (χ4n) is 5.81. The van der Waals surface area contributed by atoms with Crippen LogP contribution in [0.1, 0.15) is 70.5 Å². The quantitative estimate of drug-likeness (QED) is 0.416. The number of ether oxygens (including phenoxy) is 1. The number of carbonyl (C=O) groups excluding carboxylic acids is 1. The van der Waals surface area contributed by atoms with Crippen LogP contribution in [0.5, 0.6) is 0 Å². The predicted octanol–water partition coefficient (Wildman–Crippen LogP) is 5.46. The average Bonchev–Trinajstić information content (AvgIpc) is 3.40. The number of aryl methyl sites for hydroxylation is 1. The molecule has 0 radical (unpaired) electrons. The van der Waals surface area contributed by atoms with Crippen molar-refractivity contribution < 1.29 is 22.7 Å². The zero-order valence-electron chi connectivity index (χ0n) is 21.7. The summed E-state index contributed by atoms with van der Waals surface area (Å²) in [6.07, 6.45) is 0.0927. The van der Waals surface area contributed by atoms with Gasteiger partial charge in [-0.15, -0.1) is 10.2 Å². The number of rotatable bonds is 7. The van der Waals surface area contributed by atoms with Crippen LogP contribution >= 0.6 is 11.6 Å². The number of fused-ring (bicyclic) bond motifs is 1. The van der Waals surface area contributed by atoms with Gasteiger partial charge in [0.25, 0.3) is 5.91 Å². The number of carbonyl (C=O) groups is 1. The number of nitrogens with zero attached hydrogens (tertiary/aromatic N) is 4. The molecule has 1 saturated heterocycles. The molecule has 2 fully saturated rings. The number of nitrogens with one attached hydrogen (secondary N) is 1. The van der Waals surface area contributed by atoms with Crippen LogP contribution in [0.15, 0.2) is 36.7 Å². The van der Waals surface area contributed by atoms with E-state index in [9.17, 15) is 18.0 Å². The summed E-state index contributed by atoms with van der Waals surface area (Å²) in [4.78, 5) is 15.0. The van der Waals surface area contributed by atoms with Gasteiger partial charge in [0.05, 0.1) is 31.2 Å². The molecular weight excluding hydrogens is 531 g/mol. The Morgan fingerprint density at radius 2 is 1.97 bits per heavy atom. The Bertz CT molecular complexity index is 1430. The van der Waals surface area contributed by atoms with Gasteiger partial charge in [-0.05, 0) is 73.2 Å². The second kappa shape index (κ2) is 9.60. The summed E-state index contributed by atoms with van der Waals surface area (Å²) >= 11 is 6.53. The number of halogens is 4. The number of hydrogen-bond acceptors (Lipinski definition) is 5. The Hall–Kier alpha value is -2.95. The molecule has 39 heavy (non-hydrogen) atoms. The molecule has 206 valence electrons. The van der Waals surface area contributed by atoms with E-state index >= 15 is 0 Å². The summed E-state index contributed by atoms with van der Waals surface area (Å²) in [5.41, 5.74) is 0.932. The molecule has 3 aromatic rings. The maximum Gasteiger partial charge on any atom is 0.416 e. The molecule has 6 rings (SSSR count). The van der Waals surface area contributed by atoms with Crippen molar-refractivity contribution in [3.63, 3.8) is 0 Å². The molecule has 1 N–H and O–H groups in total. The van der Waals surface area contributed by atoms with E-state index < -0.39 is 17.6 Å². The summed E-state index contributed by atoms with van der Waals surface area (Å²) in [7, 11) is 1.85. The van der Waals surface area contributed by atoms with Gasteiger partial charge in [-0.25, -0.2) is 0 Å². The minimum atomic E-state index is -4.59. The highest BCUT2D eigenvalue weighted by Crippen LogP contribution is 2.42. The SMILES string of the molecule is Cn1cnnc1[C@H](c1cc(Cl)cc(N2Cc3c(cc(CNC4(C)CCC4)cc3C(F)(F)F)C2=O)c1)C1COC1. The molecule has 1 amide bonds. The van der Waals surface area contributed by atoms with E-state index in [1.54, 1.807) is 18.5 Å². The Balaban J connectivity index is 1.36. The number of alkyl halides is 3. The third kappa shape index (κ3) is 4.83. The number of amides is 1. The molecular formula is C28H29ClF3N5O2. The van der Waals surface area contributed by atoms with Crippen LogP contribution in [0.4, 0.5) is 18.9 Å². The first-order valence-corrected chi connectivity index (χ1v) is 13.4. The van der Waals surface area contributed by atoms with Crippen molar-refractivity contribution in [3.8, 4) is 0 Å². The molecule has 0 bridgehead atoms. The molecule has 3 heterocycles. The van der Waals surface area contributed by atoms with E-state index in [0.29, 0.717) is 29.5 Å². The first-order valence-electron chi connectivity index (χ1n) is 13.0. The topological polar surface area (TPSA) is 72.3 Å². The second-order valence-electron chi connectivity index (χ2n) is 11.1. The van der Waals surface area contributed by atoms with Crippen molar-refractivity contribution in [1.29, 1.82) is 0 Å². The lowest BCUT2D eigenvalue weighted by molar-refractivity contribution is -0.138. The molecule has 11 heteroatoms. The van der Waals surface area contributed by atoms with Crippen LogP contribution in [-0.2, 0) is 31.1 Å². The molecule has 0 unspecified atom stereocenters. The highest BCUT2D eigenvalue weighted by molar-refractivity contribution is 6.31. The second-order valence-corrected chi connectivity index (χ2v) is 11.6. The minimum absolute atomic E-state index is 0.00937. The van der Waals surface area contributed by atoms with E-state index in [1.165, 1.54) is 11.0 Å². The fraction of sp³-hybridized carbons (Fsp3) is 0.464. The number of hydrogen-bond donors (Lipinski definition) is 1. The van der Waals surface area contributed by atoms with Crippen LogP contribution in [0.3, 0.4) is 0 Å². The number of aromatic nitrogens is 3. The fourth-order valence-corrected chi connectivity index (χ4v) is 6.05. The predicted molar refractivity (Wildman–Crippen MR) is 140 cm³/mol. The van der Waals surface area contributed by atoms with Gasteiger partial charge in [0.15, 0.2) is 0 Å². The highest BCUT2D eigenvalue weighted by Gasteiger charge is 2.41. The van der Waals surface area contributed by atoms with Crippen molar-refractivity contribution in [3.05, 3.63) is 75.3 Å². The van der Waals surface area contributed by atoms with Crippen molar-refractivity contribution in [2.45, 2.75) is 56.9 Å². The standard InChI is InChI=1S/C28H29ClF3N5O2/c1-27(4-3-5-27)33-11-16-6-21-22(23(7-16)28(30,31)32)12-37(26(21)38)20-9-17(8-19(29)10-20)24(18-13-39-14-18)25-35-34-15-36(25)2/h6-10,15,18,24,33H,3-5,11-14H2,1-2H3/t24-/m1/s1. The number of benzene rings is 2. The van der Waals surface area contributed by atoms with Gasteiger partial charge in [-0.3, -0.25) is 4.79 Å². The Kier molecular flexibility index (Phi) is 6.47. The average molecular weight is 560 g/mol. The largest absolute Gasteiger partial charge is 0.416 e. The molecule has 2 aromatic carbocycles. The van der Waals surface area contributed by atoms with E-state index in [0.717, 1.165) is 30.7 Å². The van der Waals surface area contributed by atoms with Crippen LogP contribution in [0.25, 0.3) is 0 Å². The zero-order valence-corrected chi connectivity index (χ0v) is 22.4. The molecule has 7 nitrogen and oxygen atoms in total. The van der Waals surface area contributed by atoms with Gasteiger partial charge >= 0.3 is 6.18 Å². The maximum atomic E-state index is 14.2. The molecule has 3 aliphatic rings. The van der Waals surface area contributed by atoms with Crippen LogP contribution in [0.2, 0.25) is 5.02 Å². The molecule has 2 aliphatic heterocycles. The first kappa shape index (κ1) is 26.3. The molecule has 1 atom stereocenters. The lowest BCUT2D eigenvalue weighted by Crippen LogP contribution is -2.47. The highest BCUT2D eigenvalue weighted by atomic mass is 35.5.